The maximum atomic E-state index is 12.8. The highest BCUT2D eigenvalue weighted by molar-refractivity contribution is 6.07. The van der Waals surface area contributed by atoms with E-state index in [-0.39, 0.29) is 11.3 Å². The van der Waals surface area contributed by atoms with Gasteiger partial charge in [0.25, 0.3) is 0 Å². The Morgan fingerprint density at radius 1 is 0.903 bits per heavy atom. The number of hydrogen-bond donors (Lipinski definition) is 0. The molecule has 1 aromatic heterocycles. The maximum absolute atomic E-state index is 12.8. The monoisotopic (exact) mass is 422 g/mol. The zero-order chi connectivity index (χ0) is 22.2. The molecule has 0 spiro atoms. The molecule has 0 saturated carbocycles. The molecule has 0 saturated heterocycles. The lowest BCUT2D eigenvalue weighted by molar-refractivity contribution is 0.0549. The molecule has 0 atom stereocenters. The van der Waals surface area contributed by atoms with Gasteiger partial charge in [-0.05, 0) is 30.7 Å². The van der Waals surface area contributed by atoms with Gasteiger partial charge in [-0.15, -0.1) is 0 Å². The van der Waals surface area contributed by atoms with E-state index in [0.29, 0.717) is 29.3 Å². The van der Waals surface area contributed by atoms with Crippen LogP contribution in [0.1, 0.15) is 47.0 Å². The van der Waals surface area contributed by atoms with Crippen LogP contribution in [0.2, 0.25) is 0 Å². The summed E-state index contributed by atoms with van der Waals surface area (Å²) in [7, 11) is 2.52. The van der Waals surface area contributed by atoms with Crippen molar-refractivity contribution in [3.63, 3.8) is 0 Å². The van der Waals surface area contributed by atoms with Crippen molar-refractivity contribution in [3.8, 4) is 22.7 Å². The zero-order valence-electron chi connectivity index (χ0n) is 18.0. The lowest BCUT2D eigenvalue weighted by atomic mass is 10.0. The molecule has 0 radical (unpaired) electrons. The second kappa shape index (κ2) is 10.4. The number of rotatable bonds is 9. The third-order valence-electron chi connectivity index (χ3n) is 4.80. The first-order valence-electron chi connectivity index (χ1n) is 10.2. The third kappa shape index (κ3) is 4.77. The molecule has 7 nitrogen and oxygen atoms in total. The van der Waals surface area contributed by atoms with E-state index >= 15 is 0 Å². The molecule has 2 aromatic carbocycles. The van der Waals surface area contributed by atoms with E-state index in [4.69, 9.17) is 14.2 Å². The number of esters is 2. The SMILES string of the molecule is CCCCCOc1ccccc1-c1nn(-c2ccccc2)c(C(=O)OC)c1C(=O)OC. The van der Waals surface area contributed by atoms with Crippen molar-refractivity contribution in [3.05, 3.63) is 65.9 Å². The Balaban J connectivity index is 2.20. The molecule has 31 heavy (non-hydrogen) atoms. The van der Waals surface area contributed by atoms with Crippen molar-refractivity contribution < 1.29 is 23.8 Å². The molecule has 0 aliphatic rings. The fourth-order valence-electron chi connectivity index (χ4n) is 3.27. The second-order valence-corrected chi connectivity index (χ2v) is 6.85. The molecule has 0 amide bonds. The number of carbonyl (C=O) groups excluding carboxylic acids is 2. The normalized spacial score (nSPS) is 10.5. The predicted octanol–water partition coefficient (Wildman–Crippen LogP) is 4.68. The fraction of sp³-hybridized carbons (Fsp3) is 0.292. The summed E-state index contributed by atoms with van der Waals surface area (Å²) in [5.41, 5.74) is 1.53. The van der Waals surface area contributed by atoms with Crippen molar-refractivity contribution >= 4 is 11.9 Å². The van der Waals surface area contributed by atoms with Gasteiger partial charge in [-0.25, -0.2) is 14.3 Å². The van der Waals surface area contributed by atoms with Crippen LogP contribution in [-0.2, 0) is 9.47 Å². The highest BCUT2D eigenvalue weighted by Gasteiger charge is 2.32. The summed E-state index contributed by atoms with van der Waals surface area (Å²) in [4.78, 5) is 25.5. The molecule has 0 bridgehead atoms. The third-order valence-corrected chi connectivity index (χ3v) is 4.80. The van der Waals surface area contributed by atoms with E-state index in [9.17, 15) is 9.59 Å². The highest BCUT2D eigenvalue weighted by Crippen LogP contribution is 2.35. The Bertz CT molecular complexity index is 1040. The maximum Gasteiger partial charge on any atom is 0.357 e. The van der Waals surface area contributed by atoms with Crippen molar-refractivity contribution in [1.29, 1.82) is 0 Å². The first-order valence-corrected chi connectivity index (χ1v) is 10.2. The lowest BCUT2D eigenvalue weighted by Crippen LogP contribution is -2.15. The molecule has 0 N–H and O–H groups in total. The van der Waals surface area contributed by atoms with E-state index in [1.54, 1.807) is 18.2 Å². The highest BCUT2D eigenvalue weighted by atomic mass is 16.5. The summed E-state index contributed by atoms with van der Waals surface area (Å²) >= 11 is 0. The first-order chi connectivity index (χ1) is 15.1. The van der Waals surface area contributed by atoms with Crippen LogP contribution in [0.4, 0.5) is 0 Å². The Morgan fingerprint density at radius 3 is 2.26 bits per heavy atom. The lowest BCUT2D eigenvalue weighted by Gasteiger charge is -2.11. The summed E-state index contributed by atoms with van der Waals surface area (Å²) in [5, 5.41) is 4.63. The topological polar surface area (TPSA) is 79.7 Å². The average Bonchev–Trinajstić information content (AvgIpc) is 3.22. The molecule has 3 aromatic rings. The number of methoxy groups -OCH3 is 2. The van der Waals surface area contributed by atoms with Crippen LogP contribution in [0, 0.1) is 0 Å². The minimum atomic E-state index is -0.690. The van der Waals surface area contributed by atoms with Crippen LogP contribution in [-0.4, -0.2) is 42.5 Å². The number of unbranched alkanes of at least 4 members (excludes halogenated alkanes) is 2. The van der Waals surface area contributed by atoms with Gasteiger partial charge in [0.1, 0.15) is 17.0 Å². The van der Waals surface area contributed by atoms with E-state index < -0.39 is 11.9 Å². The second-order valence-electron chi connectivity index (χ2n) is 6.85. The van der Waals surface area contributed by atoms with E-state index in [1.807, 2.05) is 36.4 Å². The average molecular weight is 422 g/mol. The van der Waals surface area contributed by atoms with Gasteiger partial charge in [0.15, 0.2) is 5.69 Å². The molecule has 0 aliphatic carbocycles. The number of aromatic nitrogens is 2. The predicted molar refractivity (Wildman–Crippen MR) is 117 cm³/mol. The number of para-hydroxylation sites is 2. The number of carbonyl (C=O) groups is 2. The largest absolute Gasteiger partial charge is 0.493 e. The number of benzene rings is 2. The Hall–Kier alpha value is -3.61. The van der Waals surface area contributed by atoms with Gasteiger partial charge in [-0.3, -0.25) is 0 Å². The molecule has 0 unspecified atom stereocenters. The first kappa shape index (κ1) is 22.1. The standard InChI is InChI=1S/C24H26N2O5/c1-4-5-11-16-31-19-15-10-9-14-18(19)21-20(23(27)29-2)22(24(28)30-3)26(25-21)17-12-7-6-8-13-17/h6-10,12-15H,4-5,11,16H2,1-3H3. The molecule has 1 heterocycles. The molecule has 7 heteroatoms. The molecule has 3 rings (SSSR count). The summed E-state index contributed by atoms with van der Waals surface area (Å²) < 4.78 is 17.4. The van der Waals surface area contributed by atoms with Crippen LogP contribution < -0.4 is 4.74 Å². The number of ether oxygens (including phenoxy) is 3. The van der Waals surface area contributed by atoms with E-state index in [1.165, 1.54) is 18.9 Å². The van der Waals surface area contributed by atoms with Crippen LogP contribution in [0.15, 0.2) is 54.6 Å². The summed E-state index contributed by atoms with van der Waals surface area (Å²) in [6.07, 6.45) is 3.06. The fourth-order valence-corrected chi connectivity index (χ4v) is 3.27. The van der Waals surface area contributed by atoms with Crippen LogP contribution in [0.25, 0.3) is 16.9 Å². The minimum Gasteiger partial charge on any atom is -0.493 e. The Morgan fingerprint density at radius 2 is 1.58 bits per heavy atom. The summed E-state index contributed by atoms with van der Waals surface area (Å²) in [6, 6.07) is 16.4. The van der Waals surface area contributed by atoms with Crippen molar-refractivity contribution in [2.24, 2.45) is 0 Å². The van der Waals surface area contributed by atoms with Gasteiger partial charge in [0.05, 0.1) is 26.5 Å². The van der Waals surface area contributed by atoms with Crippen LogP contribution in [0.5, 0.6) is 5.75 Å². The van der Waals surface area contributed by atoms with Crippen LogP contribution >= 0.6 is 0 Å². The van der Waals surface area contributed by atoms with Gasteiger partial charge in [-0.2, -0.15) is 5.10 Å². The zero-order valence-corrected chi connectivity index (χ0v) is 18.0. The van der Waals surface area contributed by atoms with Crippen molar-refractivity contribution in [2.45, 2.75) is 26.2 Å². The van der Waals surface area contributed by atoms with Gasteiger partial charge in [0.2, 0.25) is 0 Å². The smallest absolute Gasteiger partial charge is 0.357 e. The Labute approximate surface area is 181 Å². The van der Waals surface area contributed by atoms with Crippen LogP contribution in [0.3, 0.4) is 0 Å². The van der Waals surface area contributed by atoms with E-state index in [0.717, 1.165) is 19.3 Å². The molecule has 162 valence electrons. The molecular weight excluding hydrogens is 396 g/mol. The quantitative estimate of drug-likeness (QED) is 0.368. The van der Waals surface area contributed by atoms with Gasteiger partial charge < -0.3 is 14.2 Å². The molecule has 0 fully saturated rings. The van der Waals surface area contributed by atoms with Gasteiger partial charge >= 0.3 is 11.9 Å². The van der Waals surface area contributed by atoms with Gasteiger partial charge in [-0.1, -0.05) is 50.1 Å². The number of hydrogen-bond acceptors (Lipinski definition) is 6. The van der Waals surface area contributed by atoms with Gasteiger partial charge in [0, 0.05) is 5.56 Å². The summed E-state index contributed by atoms with van der Waals surface area (Å²) in [5.74, 6) is -0.791. The summed E-state index contributed by atoms with van der Waals surface area (Å²) in [6.45, 7) is 2.67. The van der Waals surface area contributed by atoms with Crippen molar-refractivity contribution in [2.75, 3.05) is 20.8 Å². The molecule has 0 aliphatic heterocycles. The minimum absolute atomic E-state index is 0.00339. The number of nitrogens with zero attached hydrogens (tertiary/aromatic N) is 2. The van der Waals surface area contributed by atoms with E-state index in [2.05, 4.69) is 12.0 Å². The Kier molecular flexibility index (Phi) is 7.43. The van der Waals surface area contributed by atoms with Crippen molar-refractivity contribution in [1.82, 2.24) is 9.78 Å². The molecular formula is C24H26N2O5.